The summed E-state index contributed by atoms with van der Waals surface area (Å²) in [6, 6.07) is 20.5. The second-order valence-corrected chi connectivity index (χ2v) is 9.82. The Kier molecular flexibility index (Phi) is 7.59. The molecule has 0 saturated carbocycles. The number of carbonyl (C=O) groups is 2. The third kappa shape index (κ3) is 5.13. The fraction of sp³-hybridized carbons (Fsp3) is 0.154. The first kappa shape index (κ1) is 23.9. The highest BCUT2D eigenvalue weighted by Gasteiger charge is 2.28. The Balaban J connectivity index is 1.24. The molecule has 8 heteroatoms. The van der Waals surface area contributed by atoms with Crippen LogP contribution < -0.4 is 15.4 Å². The smallest absolute Gasteiger partial charge is 0.260 e. The SMILES string of the molecule is COc1ccccc1-c1ccc(C(=O)NCCCNC(=O)C2=Cc3cccc(Br)c3S2=O)cc1. The summed E-state index contributed by atoms with van der Waals surface area (Å²) in [6.07, 6.45) is 2.20. The van der Waals surface area contributed by atoms with Gasteiger partial charge in [-0.05, 0) is 63.8 Å². The van der Waals surface area contributed by atoms with Crippen molar-refractivity contribution in [2.45, 2.75) is 11.3 Å². The van der Waals surface area contributed by atoms with E-state index in [-0.39, 0.29) is 16.7 Å². The highest BCUT2D eigenvalue weighted by molar-refractivity contribution is 9.10. The quantitative estimate of drug-likeness (QED) is 0.413. The van der Waals surface area contributed by atoms with E-state index in [4.69, 9.17) is 4.74 Å². The van der Waals surface area contributed by atoms with E-state index in [1.54, 1.807) is 31.4 Å². The molecule has 2 amide bonds. The molecule has 0 fully saturated rings. The molecule has 3 aromatic rings. The number of amides is 2. The van der Waals surface area contributed by atoms with Gasteiger partial charge in [-0.2, -0.15) is 0 Å². The molecule has 0 aromatic heterocycles. The van der Waals surface area contributed by atoms with Gasteiger partial charge >= 0.3 is 0 Å². The summed E-state index contributed by atoms with van der Waals surface area (Å²) in [5.74, 6) is 0.230. The molecule has 3 aromatic carbocycles. The van der Waals surface area contributed by atoms with E-state index < -0.39 is 10.8 Å². The van der Waals surface area contributed by atoms with Gasteiger partial charge < -0.3 is 15.4 Å². The maximum Gasteiger partial charge on any atom is 0.260 e. The lowest BCUT2D eigenvalue weighted by Gasteiger charge is -2.10. The largest absolute Gasteiger partial charge is 0.496 e. The van der Waals surface area contributed by atoms with Crippen LogP contribution in [0.4, 0.5) is 0 Å². The Morgan fingerprint density at radius 1 is 0.912 bits per heavy atom. The summed E-state index contributed by atoms with van der Waals surface area (Å²) >= 11 is 3.39. The summed E-state index contributed by atoms with van der Waals surface area (Å²) in [7, 11) is 0.120. The molecule has 1 aliphatic rings. The van der Waals surface area contributed by atoms with Crippen LogP contribution in [0.1, 0.15) is 22.3 Å². The average molecular weight is 539 g/mol. The highest BCUT2D eigenvalue weighted by Crippen LogP contribution is 2.35. The summed E-state index contributed by atoms with van der Waals surface area (Å²) in [5.41, 5.74) is 3.25. The fourth-order valence-electron chi connectivity index (χ4n) is 3.65. The summed E-state index contributed by atoms with van der Waals surface area (Å²) in [4.78, 5) is 25.8. The zero-order valence-electron chi connectivity index (χ0n) is 18.5. The minimum absolute atomic E-state index is 0.183. The molecule has 1 heterocycles. The van der Waals surface area contributed by atoms with Gasteiger partial charge in [-0.15, -0.1) is 0 Å². The van der Waals surface area contributed by atoms with Crippen molar-refractivity contribution in [3.05, 3.63) is 87.2 Å². The third-order valence-corrected chi connectivity index (χ3v) is 7.84. The van der Waals surface area contributed by atoms with Crippen molar-refractivity contribution >= 4 is 44.6 Å². The molecule has 34 heavy (non-hydrogen) atoms. The van der Waals surface area contributed by atoms with Crippen LogP contribution in [0.5, 0.6) is 5.75 Å². The monoisotopic (exact) mass is 538 g/mol. The van der Waals surface area contributed by atoms with Crippen molar-refractivity contribution < 1.29 is 18.5 Å². The van der Waals surface area contributed by atoms with E-state index in [0.29, 0.717) is 30.0 Å². The molecule has 4 rings (SSSR count). The van der Waals surface area contributed by atoms with Gasteiger partial charge in [0.15, 0.2) is 0 Å². The maximum absolute atomic E-state index is 12.6. The number of benzene rings is 3. The lowest BCUT2D eigenvalue weighted by molar-refractivity contribution is -0.116. The first-order valence-corrected chi connectivity index (χ1v) is 12.7. The van der Waals surface area contributed by atoms with Gasteiger partial charge in [-0.3, -0.25) is 9.59 Å². The van der Waals surface area contributed by atoms with Gasteiger partial charge in [0.2, 0.25) is 0 Å². The summed E-state index contributed by atoms with van der Waals surface area (Å²) in [6.45, 7) is 0.763. The molecular weight excluding hydrogens is 516 g/mol. The van der Waals surface area contributed by atoms with Crippen LogP contribution in [0.3, 0.4) is 0 Å². The average Bonchev–Trinajstić information content (AvgIpc) is 3.21. The highest BCUT2D eigenvalue weighted by atomic mass is 79.9. The first-order valence-electron chi connectivity index (χ1n) is 10.7. The van der Waals surface area contributed by atoms with Crippen LogP contribution in [0.2, 0.25) is 0 Å². The number of methoxy groups -OCH3 is 1. The number of fused-ring (bicyclic) bond motifs is 1. The lowest BCUT2D eigenvalue weighted by atomic mass is 10.0. The number of nitrogens with one attached hydrogen (secondary N) is 2. The van der Waals surface area contributed by atoms with Gasteiger partial charge in [0.05, 0.1) is 22.8 Å². The molecule has 0 radical (unpaired) electrons. The van der Waals surface area contributed by atoms with Crippen molar-refractivity contribution in [2.24, 2.45) is 0 Å². The van der Waals surface area contributed by atoms with Crippen LogP contribution in [0.25, 0.3) is 17.2 Å². The number of hydrogen-bond acceptors (Lipinski definition) is 4. The van der Waals surface area contributed by atoms with Gasteiger partial charge in [-0.25, -0.2) is 4.21 Å². The Bertz CT molecular complexity index is 1290. The predicted octanol–water partition coefficient (Wildman–Crippen LogP) is 4.52. The van der Waals surface area contributed by atoms with Gasteiger partial charge in [0.1, 0.15) is 10.7 Å². The van der Waals surface area contributed by atoms with Crippen molar-refractivity contribution in [3.63, 3.8) is 0 Å². The Hall–Kier alpha value is -3.23. The molecule has 2 N–H and O–H groups in total. The fourth-order valence-corrected chi connectivity index (χ4v) is 5.76. The topological polar surface area (TPSA) is 84.5 Å². The second kappa shape index (κ2) is 10.8. The summed E-state index contributed by atoms with van der Waals surface area (Å²) < 4.78 is 18.8. The first-order chi connectivity index (χ1) is 16.5. The van der Waals surface area contributed by atoms with E-state index in [0.717, 1.165) is 26.9 Å². The number of hydrogen-bond donors (Lipinski definition) is 2. The molecule has 1 unspecified atom stereocenters. The minimum atomic E-state index is -1.51. The van der Waals surface area contributed by atoms with Crippen molar-refractivity contribution in [1.82, 2.24) is 10.6 Å². The Morgan fingerprint density at radius 2 is 1.62 bits per heavy atom. The molecule has 0 spiro atoms. The number of para-hydroxylation sites is 1. The Labute approximate surface area is 209 Å². The third-order valence-electron chi connectivity index (χ3n) is 5.38. The van der Waals surface area contributed by atoms with Gasteiger partial charge in [-0.1, -0.05) is 42.5 Å². The predicted molar refractivity (Wildman–Crippen MR) is 137 cm³/mol. The van der Waals surface area contributed by atoms with Crippen LogP contribution in [-0.2, 0) is 15.6 Å². The van der Waals surface area contributed by atoms with Crippen LogP contribution >= 0.6 is 15.9 Å². The van der Waals surface area contributed by atoms with Crippen LogP contribution in [-0.4, -0.2) is 36.2 Å². The van der Waals surface area contributed by atoms with Crippen LogP contribution in [0, 0.1) is 0 Å². The van der Waals surface area contributed by atoms with E-state index >= 15 is 0 Å². The number of carbonyl (C=O) groups excluding carboxylic acids is 2. The lowest BCUT2D eigenvalue weighted by Crippen LogP contribution is -2.31. The minimum Gasteiger partial charge on any atom is -0.496 e. The molecule has 0 saturated heterocycles. The van der Waals surface area contributed by atoms with Crippen LogP contribution in [0.15, 0.2) is 81.0 Å². The second-order valence-electron chi connectivity index (χ2n) is 7.58. The van der Waals surface area contributed by atoms with E-state index in [1.807, 2.05) is 48.5 Å². The molecule has 1 atom stereocenters. The zero-order valence-corrected chi connectivity index (χ0v) is 20.9. The Morgan fingerprint density at radius 3 is 2.32 bits per heavy atom. The molecular formula is C26H23BrN2O4S. The van der Waals surface area contributed by atoms with E-state index in [2.05, 4.69) is 26.6 Å². The number of halogens is 1. The standard InChI is InChI=1S/C26H23BrN2O4S/c1-33-22-9-3-2-7-20(22)17-10-12-18(13-11-17)25(30)28-14-5-15-29-26(31)23-16-19-6-4-8-21(27)24(19)34(23)32/h2-4,6-13,16H,5,14-15H2,1H3,(H,28,30)(H,29,31). The van der Waals surface area contributed by atoms with Crippen molar-refractivity contribution in [3.8, 4) is 16.9 Å². The van der Waals surface area contributed by atoms with Crippen molar-refractivity contribution in [2.75, 3.05) is 20.2 Å². The zero-order chi connectivity index (χ0) is 24.1. The molecule has 0 aliphatic carbocycles. The van der Waals surface area contributed by atoms with Gasteiger partial charge in [0.25, 0.3) is 11.8 Å². The molecule has 6 nitrogen and oxygen atoms in total. The van der Waals surface area contributed by atoms with E-state index in [1.165, 1.54) is 0 Å². The van der Waals surface area contributed by atoms with E-state index in [9.17, 15) is 13.8 Å². The molecule has 0 bridgehead atoms. The maximum atomic E-state index is 12.6. The van der Waals surface area contributed by atoms with Crippen molar-refractivity contribution in [1.29, 1.82) is 0 Å². The number of rotatable bonds is 8. The van der Waals surface area contributed by atoms with Gasteiger partial charge in [0, 0.05) is 28.7 Å². The molecule has 1 aliphatic heterocycles. The summed E-state index contributed by atoms with van der Waals surface area (Å²) in [5, 5.41) is 5.64. The molecule has 174 valence electrons. The number of ether oxygens (including phenoxy) is 1. The normalized spacial score (nSPS) is 14.2.